The van der Waals surface area contributed by atoms with Gasteiger partial charge in [0.25, 0.3) is 0 Å². The molecule has 1 heterocycles. The van der Waals surface area contributed by atoms with Crippen LogP contribution in [0.3, 0.4) is 0 Å². The lowest BCUT2D eigenvalue weighted by molar-refractivity contribution is -0.137. The predicted octanol–water partition coefficient (Wildman–Crippen LogP) is 4.64. The molecule has 2 nitrogen and oxygen atoms in total. The van der Waals surface area contributed by atoms with E-state index in [0.29, 0.717) is 13.2 Å². The van der Waals surface area contributed by atoms with Crippen molar-refractivity contribution < 1.29 is 9.47 Å². The summed E-state index contributed by atoms with van der Waals surface area (Å²) in [7, 11) is 0. The molecule has 1 saturated heterocycles. The van der Waals surface area contributed by atoms with Gasteiger partial charge in [-0.25, -0.2) is 0 Å². The first-order chi connectivity index (χ1) is 10.8. The molecule has 1 aliphatic rings. The van der Waals surface area contributed by atoms with E-state index in [1.165, 1.54) is 22.3 Å². The third-order valence-electron chi connectivity index (χ3n) is 4.42. The van der Waals surface area contributed by atoms with E-state index in [0.717, 1.165) is 12.8 Å². The number of aryl methyl sites for hydroxylation is 2. The van der Waals surface area contributed by atoms with Crippen molar-refractivity contribution in [2.45, 2.75) is 38.9 Å². The molecule has 0 spiro atoms. The Balaban J connectivity index is 1.61. The summed E-state index contributed by atoms with van der Waals surface area (Å²) >= 11 is 0. The molecule has 0 N–H and O–H groups in total. The second-order valence-corrected chi connectivity index (χ2v) is 5.83. The van der Waals surface area contributed by atoms with Crippen LogP contribution in [0.2, 0.25) is 0 Å². The average molecular weight is 296 g/mol. The molecule has 2 aromatic rings. The van der Waals surface area contributed by atoms with E-state index >= 15 is 0 Å². The molecular weight excluding hydrogens is 272 g/mol. The van der Waals surface area contributed by atoms with Crippen LogP contribution in [0.25, 0.3) is 0 Å². The van der Waals surface area contributed by atoms with Gasteiger partial charge in [0.15, 0.2) is 0 Å². The lowest BCUT2D eigenvalue weighted by Crippen LogP contribution is -2.25. The molecule has 0 saturated carbocycles. The standard InChI is InChI=1S/C20H24O2/c1-3-15-5-9-17(10-6-15)19-13-22-20(14-21-19)18-11-7-16(4-2)8-12-18/h5-12,19-20H,3-4,13-14H2,1-2H3/t19-,20+. The first-order valence-corrected chi connectivity index (χ1v) is 8.21. The van der Waals surface area contributed by atoms with Gasteiger partial charge in [-0.2, -0.15) is 0 Å². The highest BCUT2D eigenvalue weighted by molar-refractivity contribution is 5.26. The number of hydrogen-bond acceptors (Lipinski definition) is 2. The van der Waals surface area contributed by atoms with Crippen LogP contribution >= 0.6 is 0 Å². The molecule has 3 rings (SSSR count). The second-order valence-electron chi connectivity index (χ2n) is 5.83. The summed E-state index contributed by atoms with van der Waals surface area (Å²) in [4.78, 5) is 0. The van der Waals surface area contributed by atoms with Crippen LogP contribution in [-0.2, 0) is 22.3 Å². The molecule has 1 aliphatic heterocycles. The Morgan fingerprint density at radius 1 is 0.682 bits per heavy atom. The Labute approximate surface area is 133 Å². The van der Waals surface area contributed by atoms with E-state index in [1.807, 2.05) is 0 Å². The van der Waals surface area contributed by atoms with E-state index in [9.17, 15) is 0 Å². The first-order valence-electron chi connectivity index (χ1n) is 8.21. The summed E-state index contributed by atoms with van der Waals surface area (Å²) in [6.45, 7) is 5.57. The Morgan fingerprint density at radius 3 is 1.32 bits per heavy atom. The monoisotopic (exact) mass is 296 g/mol. The molecule has 0 aliphatic carbocycles. The number of benzene rings is 2. The van der Waals surface area contributed by atoms with Crippen LogP contribution < -0.4 is 0 Å². The van der Waals surface area contributed by atoms with Gasteiger partial charge >= 0.3 is 0 Å². The van der Waals surface area contributed by atoms with Gasteiger partial charge in [-0.1, -0.05) is 62.4 Å². The smallest absolute Gasteiger partial charge is 0.106 e. The second kappa shape index (κ2) is 7.08. The lowest BCUT2D eigenvalue weighted by Gasteiger charge is -2.30. The molecule has 0 bridgehead atoms. The van der Waals surface area contributed by atoms with E-state index in [4.69, 9.17) is 9.47 Å². The predicted molar refractivity (Wildman–Crippen MR) is 89.0 cm³/mol. The fourth-order valence-electron chi connectivity index (χ4n) is 2.82. The SMILES string of the molecule is CCc1ccc([C@@H]2CO[C@@H](c3ccc(CC)cc3)CO2)cc1. The minimum Gasteiger partial charge on any atom is -0.368 e. The van der Waals surface area contributed by atoms with Crippen molar-refractivity contribution in [3.63, 3.8) is 0 Å². The number of ether oxygens (including phenoxy) is 2. The zero-order chi connectivity index (χ0) is 15.4. The molecular formula is C20H24O2. The molecule has 0 radical (unpaired) electrons. The van der Waals surface area contributed by atoms with Gasteiger partial charge in [0.1, 0.15) is 12.2 Å². The van der Waals surface area contributed by atoms with Gasteiger partial charge in [0, 0.05) is 0 Å². The summed E-state index contributed by atoms with van der Waals surface area (Å²) in [5, 5.41) is 0. The minimum atomic E-state index is 0.0528. The van der Waals surface area contributed by atoms with E-state index < -0.39 is 0 Å². The normalized spacial score (nSPS) is 21.7. The number of rotatable bonds is 4. The highest BCUT2D eigenvalue weighted by Gasteiger charge is 2.24. The number of hydrogen-bond donors (Lipinski definition) is 0. The summed E-state index contributed by atoms with van der Waals surface area (Å²) in [5.74, 6) is 0. The van der Waals surface area contributed by atoms with Crippen molar-refractivity contribution in [2.75, 3.05) is 13.2 Å². The van der Waals surface area contributed by atoms with Crippen molar-refractivity contribution >= 4 is 0 Å². The fourth-order valence-corrected chi connectivity index (χ4v) is 2.82. The summed E-state index contributed by atoms with van der Waals surface area (Å²) in [6, 6.07) is 17.3. The maximum absolute atomic E-state index is 6.04. The Morgan fingerprint density at radius 2 is 1.05 bits per heavy atom. The molecule has 22 heavy (non-hydrogen) atoms. The Kier molecular flexibility index (Phi) is 4.91. The third-order valence-corrected chi connectivity index (χ3v) is 4.42. The topological polar surface area (TPSA) is 18.5 Å². The summed E-state index contributed by atoms with van der Waals surface area (Å²) in [5.41, 5.74) is 5.12. The molecule has 116 valence electrons. The summed E-state index contributed by atoms with van der Waals surface area (Å²) < 4.78 is 12.1. The van der Waals surface area contributed by atoms with E-state index in [1.54, 1.807) is 0 Å². The lowest BCUT2D eigenvalue weighted by atomic mass is 10.0. The first kappa shape index (κ1) is 15.3. The van der Waals surface area contributed by atoms with E-state index in [2.05, 4.69) is 62.4 Å². The van der Waals surface area contributed by atoms with Gasteiger partial charge < -0.3 is 9.47 Å². The van der Waals surface area contributed by atoms with Gasteiger partial charge in [-0.15, -0.1) is 0 Å². The van der Waals surface area contributed by atoms with E-state index in [-0.39, 0.29) is 12.2 Å². The van der Waals surface area contributed by atoms with Gasteiger partial charge in [-0.05, 0) is 35.1 Å². The summed E-state index contributed by atoms with van der Waals surface area (Å²) in [6.07, 6.45) is 2.24. The largest absolute Gasteiger partial charge is 0.368 e. The maximum atomic E-state index is 6.04. The van der Waals surface area contributed by atoms with Crippen molar-refractivity contribution in [3.8, 4) is 0 Å². The van der Waals surface area contributed by atoms with Crippen molar-refractivity contribution in [2.24, 2.45) is 0 Å². The molecule has 2 aromatic carbocycles. The van der Waals surface area contributed by atoms with Crippen LogP contribution in [0.5, 0.6) is 0 Å². The fraction of sp³-hybridized carbons (Fsp3) is 0.400. The minimum absolute atomic E-state index is 0.0528. The molecule has 1 fully saturated rings. The third kappa shape index (κ3) is 3.40. The van der Waals surface area contributed by atoms with Crippen LogP contribution in [0.15, 0.2) is 48.5 Å². The van der Waals surface area contributed by atoms with Crippen LogP contribution in [-0.4, -0.2) is 13.2 Å². The van der Waals surface area contributed by atoms with Gasteiger partial charge in [0.05, 0.1) is 13.2 Å². The highest BCUT2D eigenvalue weighted by atomic mass is 16.6. The molecule has 0 unspecified atom stereocenters. The average Bonchev–Trinajstić information content (AvgIpc) is 2.62. The Hall–Kier alpha value is -1.64. The molecule has 2 heteroatoms. The Bertz CT molecular complexity index is 523. The van der Waals surface area contributed by atoms with Crippen molar-refractivity contribution in [1.82, 2.24) is 0 Å². The van der Waals surface area contributed by atoms with Crippen molar-refractivity contribution in [3.05, 3.63) is 70.8 Å². The zero-order valence-corrected chi connectivity index (χ0v) is 13.4. The maximum Gasteiger partial charge on any atom is 0.106 e. The molecule has 0 amide bonds. The highest BCUT2D eigenvalue weighted by Crippen LogP contribution is 2.30. The molecule has 0 aromatic heterocycles. The quantitative estimate of drug-likeness (QED) is 0.818. The van der Waals surface area contributed by atoms with Gasteiger partial charge in [-0.3, -0.25) is 0 Å². The van der Waals surface area contributed by atoms with Crippen molar-refractivity contribution in [1.29, 1.82) is 0 Å². The zero-order valence-electron chi connectivity index (χ0n) is 13.4. The van der Waals surface area contributed by atoms with Gasteiger partial charge in [0.2, 0.25) is 0 Å². The molecule has 2 atom stereocenters. The van der Waals surface area contributed by atoms with Crippen LogP contribution in [0.4, 0.5) is 0 Å². The van der Waals surface area contributed by atoms with Crippen LogP contribution in [0, 0.1) is 0 Å². The van der Waals surface area contributed by atoms with Crippen LogP contribution in [0.1, 0.15) is 48.3 Å².